The van der Waals surface area contributed by atoms with Gasteiger partial charge in [0.2, 0.25) is 0 Å². The summed E-state index contributed by atoms with van der Waals surface area (Å²) in [4.78, 5) is 11.1. The molecular formula is C20H23Cl2NO3. The minimum atomic E-state index is -0.934. The second-order valence-corrected chi connectivity index (χ2v) is 7.13. The Balaban J connectivity index is 2.12. The van der Waals surface area contributed by atoms with Crippen molar-refractivity contribution in [3.05, 3.63) is 57.6 Å². The average Bonchev–Trinajstić information content (AvgIpc) is 2.60. The van der Waals surface area contributed by atoms with E-state index in [1.807, 2.05) is 24.3 Å². The van der Waals surface area contributed by atoms with E-state index < -0.39 is 11.9 Å². The Labute approximate surface area is 164 Å². The van der Waals surface area contributed by atoms with E-state index in [2.05, 4.69) is 19.2 Å². The summed E-state index contributed by atoms with van der Waals surface area (Å²) in [6.45, 7) is 6.15. The Bertz CT molecular complexity index is 756. The summed E-state index contributed by atoms with van der Waals surface area (Å²) in [6, 6.07) is 11.5. The summed E-state index contributed by atoms with van der Waals surface area (Å²) in [7, 11) is 0. The topological polar surface area (TPSA) is 58.6 Å². The summed E-state index contributed by atoms with van der Waals surface area (Å²) in [5.41, 5.74) is 2.55. The van der Waals surface area contributed by atoms with Gasteiger partial charge in [-0.15, -0.1) is 0 Å². The van der Waals surface area contributed by atoms with Crippen LogP contribution in [0.5, 0.6) is 5.75 Å². The third kappa shape index (κ3) is 5.29. The first-order valence-corrected chi connectivity index (χ1v) is 9.27. The highest BCUT2D eigenvalue weighted by atomic mass is 35.5. The van der Waals surface area contributed by atoms with Gasteiger partial charge in [0.15, 0.2) is 5.75 Å². The number of carbonyl (C=O) groups is 1. The second kappa shape index (κ2) is 9.15. The van der Waals surface area contributed by atoms with E-state index in [0.717, 1.165) is 17.7 Å². The van der Waals surface area contributed by atoms with Crippen LogP contribution in [0.1, 0.15) is 44.2 Å². The molecule has 0 amide bonds. The lowest BCUT2D eigenvalue weighted by molar-refractivity contribution is -0.138. The number of halogens is 2. The highest BCUT2D eigenvalue weighted by molar-refractivity contribution is 6.37. The fourth-order valence-corrected chi connectivity index (χ4v) is 3.02. The van der Waals surface area contributed by atoms with Crippen LogP contribution in [0.15, 0.2) is 36.4 Å². The molecule has 2 rings (SSSR count). The first-order valence-electron chi connectivity index (χ1n) is 8.51. The van der Waals surface area contributed by atoms with Crippen LogP contribution in [0.3, 0.4) is 0 Å². The molecular weight excluding hydrogens is 373 g/mol. The van der Waals surface area contributed by atoms with Gasteiger partial charge in [0.05, 0.1) is 16.0 Å². The van der Waals surface area contributed by atoms with Gasteiger partial charge >= 0.3 is 5.97 Å². The molecule has 2 aromatic carbocycles. The molecule has 2 atom stereocenters. The number of hydrogen-bond acceptors (Lipinski definition) is 3. The average molecular weight is 396 g/mol. The molecule has 0 heterocycles. The number of hydrogen-bond donors (Lipinski definition) is 2. The number of benzene rings is 2. The number of nitrogens with one attached hydrogen (secondary N) is 1. The summed E-state index contributed by atoms with van der Waals surface area (Å²) in [5, 5.41) is 13.1. The third-order valence-corrected chi connectivity index (χ3v) is 4.79. The van der Waals surface area contributed by atoms with E-state index in [4.69, 9.17) is 33.0 Å². The maximum Gasteiger partial charge on any atom is 0.310 e. The Kier molecular flexibility index (Phi) is 7.18. The van der Waals surface area contributed by atoms with Crippen LogP contribution in [0.4, 0.5) is 5.69 Å². The molecule has 0 saturated heterocycles. The Morgan fingerprint density at radius 1 is 1.19 bits per heavy atom. The third-order valence-electron chi connectivity index (χ3n) is 4.23. The normalized spacial score (nSPS) is 13.1. The van der Waals surface area contributed by atoms with Gasteiger partial charge < -0.3 is 15.2 Å². The van der Waals surface area contributed by atoms with E-state index in [-0.39, 0.29) is 0 Å². The van der Waals surface area contributed by atoms with E-state index in [1.54, 1.807) is 19.1 Å². The molecule has 0 radical (unpaired) electrons. The monoisotopic (exact) mass is 395 g/mol. The van der Waals surface area contributed by atoms with Crippen LogP contribution >= 0.6 is 23.2 Å². The smallest absolute Gasteiger partial charge is 0.310 e. The maximum atomic E-state index is 11.1. The quantitative estimate of drug-likeness (QED) is 0.577. The summed E-state index contributed by atoms with van der Waals surface area (Å²) in [5.74, 6) is -1.27. The largest absolute Gasteiger partial charge is 0.486 e. The van der Waals surface area contributed by atoms with Gasteiger partial charge in [-0.1, -0.05) is 42.3 Å². The van der Waals surface area contributed by atoms with Crippen molar-refractivity contribution in [2.24, 2.45) is 0 Å². The predicted molar refractivity (Wildman–Crippen MR) is 107 cm³/mol. The van der Waals surface area contributed by atoms with Gasteiger partial charge in [-0.2, -0.15) is 0 Å². The summed E-state index contributed by atoms with van der Waals surface area (Å²) >= 11 is 12.5. The SMILES string of the molecule is CCC(C)Nc1cccc(COc2c(Cl)cc(C(C)C(=O)O)cc2Cl)c1. The molecule has 4 nitrogen and oxygen atoms in total. The molecule has 0 aromatic heterocycles. The highest BCUT2D eigenvalue weighted by Crippen LogP contribution is 2.37. The minimum absolute atomic E-state index is 0.300. The van der Waals surface area contributed by atoms with Crippen LogP contribution in [0.2, 0.25) is 10.0 Å². The molecule has 0 fully saturated rings. The molecule has 0 spiro atoms. The zero-order chi connectivity index (χ0) is 19.3. The standard InChI is InChI=1S/C20H23Cl2NO3/c1-4-12(2)23-16-7-5-6-14(8-16)11-26-19-17(21)9-15(10-18(19)22)13(3)20(24)25/h5-10,12-13,23H,4,11H2,1-3H3,(H,24,25). The van der Waals surface area contributed by atoms with Crippen molar-refractivity contribution in [2.75, 3.05) is 5.32 Å². The molecule has 2 unspecified atom stereocenters. The molecule has 0 bridgehead atoms. The zero-order valence-electron chi connectivity index (χ0n) is 15.1. The first kappa shape index (κ1) is 20.4. The van der Waals surface area contributed by atoms with E-state index >= 15 is 0 Å². The van der Waals surface area contributed by atoms with E-state index in [9.17, 15) is 4.79 Å². The number of ether oxygens (including phenoxy) is 1. The number of anilines is 1. The molecule has 26 heavy (non-hydrogen) atoms. The van der Waals surface area contributed by atoms with Crippen LogP contribution in [0.25, 0.3) is 0 Å². The first-order chi connectivity index (χ1) is 12.3. The van der Waals surface area contributed by atoms with Gasteiger partial charge in [-0.25, -0.2) is 0 Å². The Morgan fingerprint density at radius 2 is 1.85 bits per heavy atom. The van der Waals surface area contributed by atoms with Crippen molar-refractivity contribution >= 4 is 34.9 Å². The molecule has 2 aromatic rings. The molecule has 0 aliphatic heterocycles. The van der Waals surface area contributed by atoms with Crippen molar-refractivity contribution in [3.8, 4) is 5.75 Å². The van der Waals surface area contributed by atoms with Gasteiger partial charge in [0.1, 0.15) is 6.61 Å². The lowest BCUT2D eigenvalue weighted by Crippen LogP contribution is -2.13. The molecule has 140 valence electrons. The molecule has 0 aliphatic rings. The van der Waals surface area contributed by atoms with E-state index in [1.165, 1.54) is 0 Å². The van der Waals surface area contributed by atoms with Gasteiger partial charge in [0, 0.05) is 11.7 Å². The maximum absolute atomic E-state index is 11.1. The van der Waals surface area contributed by atoms with Gasteiger partial charge in [0.25, 0.3) is 0 Å². The molecule has 0 aliphatic carbocycles. The van der Waals surface area contributed by atoms with Gasteiger partial charge in [-0.05, 0) is 55.7 Å². The van der Waals surface area contributed by atoms with Crippen LogP contribution in [-0.4, -0.2) is 17.1 Å². The lowest BCUT2D eigenvalue weighted by atomic mass is 10.0. The zero-order valence-corrected chi connectivity index (χ0v) is 16.6. The van der Waals surface area contributed by atoms with Crippen molar-refractivity contribution < 1.29 is 14.6 Å². The fourth-order valence-electron chi connectivity index (χ4n) is 2.40. The number of carboxylic acid groups (broad SMARTS) is 1. The summed E-state index contributed by atoms with van der Waals surface area (Å²) in [6.07, 6.45) is 1.03. The number of rotatable bonds is 8. The molecule has 6 heteroatoms. The molecule has 2 N–H and O–H groups in total. The minimum Gasteiger partial charge on any atom is -0.486 e. The Hall–Kier alpha value is -1.91. The second-order valence-electron chi connectivity index (χ2n) is 6.32. The Morgan fingerprint density at radius 3 is 2.42 bits per heavy atom. The van der Waals surface area contributed by atoms with Crippen LogP contribution in [-0.2, 0) is 11.4 Å². The fraction of sp³-hybridized carbons (Fsp3) is 0.350. The predicted octanol–water partition coefficient (Wildman–Crippen LogP) is 5.97. The highest BCUT2D eigenvalue weighted by Gasteiger charge is 2.18. The van der Waals surface area contributed by atoms with Crippen molar-refractivity contribution in [2.45, 2.75) is 45.8 Å². The van der Waals surface area contributed by atoms with Crippen LogP contribution in [0, 0.1) is 0 Å². The van der Waals surface area contributed by atoms with Crippen molar-refractivity contribution in [1.82, 2.24) is 0 Å². The number of aliphatic carboxylic acids is 1. The summed E-state index contributed by atoms with van der Waals surface area (Å²) < 4.78 is 5.80. The van der Waals surface area contributed by atoms with Gasteiger partial charge in [-0.3, -0.25) is 4.79 Å². The molecule has 0 saturated carbocycles. The lowest BCUT2D eigenvalue weighted by Gasteiger charge is -2.15. The van der Waals surface area contributed by atoms with Crippen molar-refractivity contribution in [1.29, 1.82) is 0 Å². The van der Waals surface area contributed by atoms with Crippen molar-refractivity contribution in [3.63, 3.8) is 0 Å². The van der Waals surface area contributed by atoms with Crippen LogP contribution < -0.4 is 10.1 Å². The van der Waals surface area contributed by atoms with E-state index in [0.29, 0.717) is 34.0 Å². The number of carboxylic acids is 1.